The Bertz CT molecular complexity index is 767. The normalized spacial score (nSPS) is 13.5. The number of hydrogen-bond acceptors (Lipinski definition) is 2. The van der Waals surface area contributed by atoms with Gasteiger partial charge < -0.3 is 4.90 Å². The molecule has 0 saturated carbocycles. The van der Waals surface area contributed by atoms with E-state index in [9.17, 15) is 25.2 Å². The first-order valence-corrected chi connectivity index (χ1v) is 9.64. The molecule has 144 valence electrons. The number of benzene rings is 2. The minimum atomic E-state index is -10.7. The van der Waals surface area contributed by atoms with E-state index >= 15 is 0 Å². The zero-order valence-electron chi connectivity index (χ0n) is 14.1. The van der Waals surface area contributed by atoms with Gasteiger partial charge in [-0.2, -0.15) is 0 Å². The van der Waals surface area contributed by atoms with E-state index in [1.54, 1.807) is 6.07 Å². The predicted molar refractivity (Wildman–Crippen MR) is 93.8 cm³/mol. The van der Waals surface area contributed by atoms with Gasteiger partial charge in [0, 0.05) is 24.8 Å². The summed E-state index contributed by atoms with van der Waals surface area (Å²) in [4.78, 5) is 5.62. The van der Waals surface area contributed by atoms with Gasteiger partial charge in [-0.25, -0.2) is 0 Å². The van der Waals surface area contributed by atoms with Crippen LogP contribution in [0.4, 0.5) is 36.6 Å². The standard InChI is InChI=1S/C16H18N3.F6P/c1-3-19(4-2)14-11-9-13(10-12-14)15-7-5-6-8-16(15)18-17;1-7(2,3,4,5)6/h5-12H,3-4H2,1-2H3;/q+1;-1. The third kappa shape index (κ3) is 8.67. The Morgan fingerprint density at radius 1 is 0.846 bits per heavy atom. The summed E-state index contributed by atoms with van der Waals surface area (Å²) in [5, 5.41) is 9.02. The van der Waals surface area contributed by atoms with Gasteiger partial charge in [-0.1, -0.05) is 24.3 Å². The number of anilines is 1. The Morgan fingerprint density at radius 2 is 1.31 bits per heavy atom. The molecule has 26 heavy (non-hydrogen) atoms. The van der Waals surface area contributed by atoms with Crippen LogP contribution in [0.3, 0.4) is 0 Å². The predicted octanol–water partition coefficient (Wildman–Crippen LogP) is 8.07. The van der Waals surface area contributed by atoms with Gasteiger partial charge in [-0.05, 0) is 37.6 Å². The van der Waals surface area contributed by atoms with E-state index in [-0.39, 0.29) is 0 Å². The summed E-state index contributed by atoms with van der Waals surface area (Å²) in [6.07, 6.45) is 0. The average Bonchev–Trinajstić information content (AvgIpc) is 2.54. The summed E-state index contributed by atoms with van der Waals surface area (Å²) in [5.74, 6) is 0. The van der Waals surface area contributed by atoms with Crippen LogP contribution in [0.15, 0.2) is 48.5 Å². The number of diazo groups is 1. The fourth-order valence-corrected chi connectivity index (χ4v) is 2.25. The van der Waals surface area contributed by atoms with Crippen molar-refractivity contribution in [1.29, 1.82) is 5.39 Å². The van der Waals surface area contributed by atoms with E-state index < -0.39 is 7.81 Å². The molecule has 0 aliphatic heterocycles. The maximum absolute atomic E-state index is 10.7. The SMILES string of the molecule is CCN(CC)c1ccc(-c2ccccc2[N+]#N)cc1.F[P-](F)(F)(F)(F)F. The summed E-state index contributed by atoms with van der Waals surface area (Å²) < 4.78 is 59.2. The first kappa shape index (κ1) is 21.7. The number of halogens is 6. The molecule has 0 unspecified atom stereocenters. The first-order valence-electron chi connectivity index (χ1n) is 7.61. The van der Waals surface area contributed by atoms with E-state index in [1.165, 1.54) is 5.69 Å². The van der Waals surface area contributed by atoms with Crippen molar-refractivity contribution in [2.45, 2.75) is 13.8 Å². The van der Waals surface area contributed by atoms with Gasteiger partial charge in [0.15, 0.2) is 4.98 Å². The van der Waals surface area contributed by atoms with Gasteiger partial charge >= 0.3 is 38.7 Å². The Balaban J connectivity index is 0.000000412. The molecule has 0 saturated heterocycles. The maximum atomic E-state index is 9.87. The van der Waals surface area contributed by atoms with Crippen LogP contribution in [0, 0.1) is 5.39 Å². The topological polar surface area (TPSA) is 31.4 Å². The van der Waals surface area contributed by atoms with Crippen molar-refractivity contribution in [2.75, 3.05) is 18.0 Å². The van der Waals surface area contributed by atoms with Gasteiger partial charge in [-0.15, -0.1) is 0 Å². The van der Waals surface area contributed by atoms with E-state index in [4.69, 9.17) is 5.39 Å². The fraction of sp³-hybridized carbons (Fsp3) is 0.250. The molecule has 0 amide bonds. The molecule has 0 N–H and O–H groups in total. The second-order valence-corrected chi connectivity index (χ2v) is 7.21. The number of nitrogens with zero attached hydrogens (tertiary/aromatic N) is 3. The zero-order valence-corrected chi connectivity index (χ0v) is 15.0. The molecule has 0 spiro atoms. The molecule has 2 rings (SSSR count). The van der Waals surface area contributed by atoms with E-state index in [1.807, 2.05) is 18.2 Å². The Kier molecular flexibility index (Phi) is 5.95. The molecular formula is C16H18F6N3P. The quantitative estimate of drug-likeness (QED) is 0.297. The van der Waals surface area contributed by atoms with Crippen molar-refractivity contribution in [3.63, 3.8) is 0 Å². The zero-order chi connectivity index (χ0) is 20.1. The Hall–Kier alpha value is -2.33. The average molecular weight is 397 g/mol. The molecule has 2 aromatic carbocycles. The monoisotopic (exact) mass is 397 g/mol. The van der Waals surface area contributed by atoms with Crippen LogP contribution >= 0.6 is 7.81 Å². The van der Waals surface area contributed by atoms with Crippen LogP contribution in [-0.4, -0.2) is 13.1 Å². The van der Waals surface area contributed by atoms with Crippen LogP contribution in [0.2, 0.25) is 0 Å². The molecule has 0 aliphatic rings. The third-order valence-corrected chi connectivity index (χ3v) is 3.32. The van der Waals surface area contributed by atoms with Crippen LogP contribution in [0.1, 0.15) is 13.8 Å². The summed E-state index contributed by atoms with van der Waals surface area (Å²) in [6, 6.07) is 15.9. The van der Waals surface area contributed by atoms with E-state index in [0.29, 0.717) is 5.69 Å². The minimum absolute atomic E-state index is 0.595. The van der Waals surface area contributed by atoms with E-state index in [0.717, 1.165) is 24.2 Å². The molecule has 0 atom stereocenters. The molecule has 0 aromatic heterocycles. The fourth-order valence-electron chi connectivity index (χ4n) is 2.25. The van der Waals surface area contributed by atoms with Crippen LogP contribution in [-0.2, 0) is 0 Å². The van der Waals surface area contributed by atoms with Crippen molar-refractivity contribution in [1.82, 2.24) is 0 Å². The van der Waals surface area contributed by atoms with Gasteiger partial charge in [0.2, 0.25) is 5.39 Å². The molecule has 0 heterocycles. The van der Waals surface area contributed by atoms with Crippen molar-refractivity contribution in [2.24, 2.45) is 0 Å². The van der Waals surface area contributed by atoms with Crippen molar-refractivity contribution in [3.8, 4) is 11.1 Å². The van der Waals surface area contributed by atoms with Gasteiger partial charge in [-0.3, -0.25) is 0 Å². The molecule has 0 radical (unpaired) electrons. The third-order valence-electron chi connectivity index (χ3n) is 3.32. The van der Waals surface area contributed by atoms with Crippen molar-refractivity contribution < 1.29 is 25.2 Å². The van der Waals surface area contributed by atoms with Crippen molar-refractivity contribution in [3.05, 3.63) is 53.5 Å². The Morgan fingerprint density at radius 3 is 1.73 bits per heavy atom. The molecule has 0 fully saturated rings. The molecule has 2 aromatic rings. The van der Waals surface area contributed by atoms with Crippen molar-refractivity contribution >= 4 is 19.2 Å². The van der Waals surface area contributed by atoms with Gasteiger partial charge in [0.05, 0.1) is 5.56 Å². The summed E-state index contributed by atoms with van der Waals surface area (Å²) in [7, 11) is -10.7. The molecule has 3 nitrogen and oxygen atoms in total. The Labute approximate surface area is 147 Å². The molecule has 10 heteroatoms. The van der Waals surface area contributed by atoms with E-state index in [2.05, 4.69) is 48.0 Å². The van der Waals surface area contributed by atoms with Crippen LogP contribution in [0.25, 0.3) is 16.1 Å². The molecule has 0 bridgehead atoms. The summed E-state index contributed by atoms with van der Waals surface area (Å²) in [6.45, 7) is 6.30. The number of rotatable bonds is 4. The number of hydrogen-bond donors (Lipinski definition) is 0. The first-order chi connectivity index (χ1) is 11.7. The van der Waals surface area contributed by atoms with Crippen LogP contribution in [0.5, 0.6) is 0 Å². The second kappa shape index (κ2) is 7.12. The second-order valence-electron chi connectivity index (χ2n) is 5.29. The summed E-state index contributed by atoms with van der Waals surface area (Å²) >= 11 is 0. The molecule has 0 aliphatic carbocycles. The van der Waals surface area contributed by atoms with Crippen LogP contribution < -0.4 is 4.90 Å². The molecular weight excluding hydrogens is 379 g/mol. The van der Waals surface area contributed by atoms with Gasteiger partial charge in [0.25, 0.3) is 0 Å². The summed E-state index contributed by atoms with van der Waals surface area (Å²) in [5.41, 5.74) is 3.81. The van der Waals surface area contributed by atoms with Gasteiger partial charge in [0.1, 0.15) is 0 Å².